The Morgan fingerprint density at radius 3 is 2.56 bits per heavy atom. The van der Waals surface area contributed by atoms with E-state index in [1.807, 2.05) is 4.72 Å². The van der Waals surface area contributed by atoms with Gasteiger partial charge < -0.3 is 10.4 Å². The van der Waals surface area contributed by atoms with Gasteiger partial charge in [-0.2, -0.15) is 4.72 Å². The maximum atomic E-state index is 11.7. The van der Waals surface area contributed by atoms with Gasteiger partial charge in [0.05, 0.1) is 10.7 Å². The van der Waals surface area contributed by atoms with E-state index in [1.165, 1.54) is 0 Å². The number of hydrogen-bond donors (Lipinski definition) is 4. The maximum absolute atomic E-state index is 11.7. The first-order valence-electron chi connectivity index (χ1n) is 4.44. The second kappa shape index (κ2) is 4.05. The summed E-state index contributed by atoms with van der Waals surface area (Å²) in [6.07, 6.45) is -1.51. The number of fused-ring (bicyclic) bond motifs is 1. The molecule has 0 aliphatic carbocycles. The largest absolute Gasteiger partial charge is 0.360 e. The van der Waals surface area contributed by atoms with Gasteiger partial charge in [0.2, 0.25) is 20.0 Å². The highest BCUT2D eigenvalue weighted by atomic mass is 35.5. The SMILES string of the molecule is NS(=O)(=O)c1cc2c(cc1Cl)NC(O)NS2(=O)=O. The molecule has 1 aromatic carbocycles. The Balaban J connectivity index is 2.77. The minimum Gasteiger partial charge on any atom is -0.360 e. The second-order valence-electron chi connectivity index (χ2n) is 3.49. The third kappa shape index (κ3) is 2.30. The van der Waals surface area contributed by atoms with E-state index in [1.54, 1.807) is 0 Å². The van der Waals surface area contributed by atoms with Crippen LogP contribution in [-0.4, -0.2) is 28.3 Å². The molecule has 0 radical (unpaired) electrons. The number of anilines is 1. The molecule has 8 nitrogen and oxygen atoms in total. The molecule has 1 aliphatic heterocycles. The van der Waals surface area contributed by atoms with Gasteiger partial charge in [0.25, 0.3) is 0 Å². The van der Waals surface area contributed by atoms with E-state index < -0.39 is 31.3 Å². The Bertz CT molecular complexity index is 715. The van der Waals surface area contributed by atoms with Gasteiger partial charge in [0.15, 0.2) is 6.35 Å². The summed E-state index contributed by atoms with van der Waals surface area (Å²) in [5.41, 5.74) is -0.0151. The maximum Gasteiger partial charge on any atom is 0.246 e. The number of rotatable bonds is 1. The monoisotopic (exact) mass is 313 g/mol. The van der Waals surface area contributed by atoms with E-state index in [0.29, 0.717) is 0 Å². The van der Waals surface area contributed by atoms with Crippen LogP contribution in [-0.2, 0) is 20.0 Å². The number of nitrogens with two attached hydrogens (primary N) is 1. The van der Waals surface area contributed by atoms with Gasteiger partial charge >= 0.3 is 0 Å². The fraction of sp³-hybridized carbons (Fsp3) is 0.143. The number of primary sulfonamides is 1. The Kier molecular flexibility index (Phi) is 3.04. The first-order chi connectivity index (χ1) is 8.11. The van der Waals surface area contributed by atoms with Crippen molar-refractivity contribution >= 4 is 37.3 Å². The van der Waals surface area contributed by atoms with E-state index in [-0.39, 0.29) is 15.6 Å². The average molecular weight is 314 g/mol. The van der Waals surface area contributed by atoms with Gasteiger partial charge in [-0.25, -0.2) is 22.0 Å². The summed E-state index contributed by atoms with van der Waals surface area (Å²) in [4.78, 5) is -0.868. The van der Waals surface area contributed by atoms with Crippen molar-refractivity contribution in [3.8, 4) is 0 Å². The van der Waals surface area contributed by atoms with Crippen molar-refractivity contribution in [3.05, 3.63) is 17.2 Å². The van der Waals surface area contributed by atoms with Crippen LogP contribution in [0.3, 0.4) is 0 Å². The van der Waals surface area contributed by atoms with Crippen LogP contribution in [0.25, 0.3) is 0 Å². The fourth-order valence-electron chi connectivity index (χ4n) is 1.48. The summed E-state index contributed by atoms with van der Waals surface area (Å²) in [6.45, 7) is 0. The van der Waals surface area contributed by atoms with E-state index >= 15 is 0 Å². The molecule has 0 saturated carbocycles. The fourth-order valence-corrected chi connectivity index (χ4v) is 3.81. The van der Waals surface area contributed by atoms with Crippen molar-refractivity contribution in [3.63, 3.8) is 0 Å². The molecule has 1 aromatic rings. The molecule has 0 saturated heterocycles. The smallest absolute Gasteiger partial charge is 0.246 e. The van der Waals surface area contributed by atoms with Crippen molar-refractivity contribution in [2.24, 2.45) is 5.14 Å². The molecular weight excluding hydrogens is 306 g/mol. The van der Waals surface area contributed by atoms with Crippen LogP contribution in [0, 0.1) is 0 Å². The molecular formula is C7H8ClN3O5S2. The third-order valence-electron chi connectivity index (χ3n) is 2.19. The average Bonchev–Trinajstić information content (AvgIpc) is 2.12. The Hall–Kier alpha value is -0.910. The highest BCUT2D eigenvalue weighted by molar-refractivity contribution is 7.90. The number of benzene rings is 1. The summed E-state index contributed by atoms with van der Waals surface area (Å²) >= 11 is 5.69. The van der Waals surface area contributed by atoms with Crippen LogP contribution in [0.1, 0.15) is 0 Å². The highest BCUT2D eigenvalue weighted by Gasteiger charge is 2.30. The van der Waals surface area contributed by atoms with E-state index in [0.717, 1.165) is 12.1 Å². The van der Waals surface area contributed by atoms with Crippen LogP contribution in [0.5, 0.6) is 0 Å². The molecule has 1 heterocycles. The van der Waals surface area contributed by atoms with Gasteiger partial charge in [0.1, 0.15) is 9.79 Å². The molecule has 18 heavy (non-hydrogen) atoms. The topological polar surface area (TPSA) is 139 Å². The zero-order valence-electron chi connectivity index (χ0n) is 8.58. The van der Waals surface area contributed by atoms with Crippen LogP contribution in [0.15, 0.2) is 21.9 Å². The van der Waals surface area contributed by atoms with Gasteiger partial charge in [-0.15, -0.1) is 0 Å². The van der Waals surface area contributed by atoms with E-state index in [9.17, 15) is 21.9 Å². The highest BCUT2D eigenvalue weighted by Crippen LogP contribution is 2.33. The minimum atomic E-state index is -4.15. The number of aliphatic hydroxyl groups excluding tert-OH is 1. The number of sulfonamides is 2. The van der Waals surface area contributed by atoms with Gasteiger partial charge in [-0.05, 0) is 12.1 Å². The zero-order chi connectivity index (χ0) is 13.7. The Morgan fingerprint density at radius 2 is 2.00 bits per heavy atom. The lowest BCUT2D eigenvalue weighted by atomic mass is 10.3. The molecule has 0 bridgehead atoms. The standard InChI is InChI=1S/C7H8ClN3O5S2/c8-3-1-4-6(2-5(3)17(9,13)14)18(15,16)11-7(12)10-4/h1-2,7,10-12H,(H2,9,13,14). The number of halogens is 1. The normalized spacial score (nSPS) is 22.1. The molecule has 11 heteroatoms. The molecule has 1 atom stereocenters. The first kappa shape index (κ1) is 13.5. The van der Waals surface area contributed by atoms with Crippen molar-refractivity contribution in [2.75, 3.05) is 5.32 Å². The molecule has 0 spiro atoms. The van der Waals surface area contributed by atoms with Crippen molar-refractivity contribution < 1.29 is 21.9 Å². The van der Waals surface area contributed by atoms with Gasteiger partial charge in [-0.1, -0.05) is 11.6 Å². The lowest BCUT2D eigenvalue weighted by Crippen LogP contribution is -2.44. The van der Waals surface area contributed by atoms with Crippen molar-refractivity contribution in [2.45, 2.75) is 16.1 Å². The number of hydrogen-bond acceptors (Lipinski definition) is 6. The van der Waals surface area contributed by atoms with Crippen LogP contribution < -0.4 is 15.2 Å². The lowest BCUT2D eigenvalue weighted by molar-refractivity contribution is 0.190. The summed E-state index contributed by atoms with van der Waals surface area (Å²) in [5, 5.41) is 16.3. The summed E-state index contributed by atoms with van der Waals surface area (Å²) < 4.78 is 47.7. The lowest BCUT2D eigenvalue weighted by Gasteiger charge is -2.24. The van der Waals surface area contributed by atoms with Crippen molar-refractivity contribution in [1.29, 1.82) is 0 Å². The Morgan fingerprint density at radius 1 is 1.39 bits per heavy atom. The molecule has 0 amide bonds. The molecule has 100 valence electrons. The molecule has 0 fully saturated rings. The van der Waals surface area contributed by atoms with Gasteiger partial charge in [0, 0.05) is 0 Å². The molecule has 1 unspecified atom stereocenters. The van der Waals surface area contributed by atoms with E-state index in [4.69, 9.17) is 16.7 Å². The third-order valence-corrected chi connectivity index (χ3v) is 5.02. The first-order valence-corrected chi connectivity index (χ1v) is 7.85. The minimum absolute atomic E-state index is 0.0151. The van der Waals surface area contributed by atoms with Crippen LogP contribution >= 0.6 is 11.6 Å². The summed E-state index contributed by atoms with van der Waals surface area (Å²) in [5.74, 6) is 0. The molecule has 5 N–H and O–H groups in total. The van der Waals surface area contributed by atoms with Crippen molar-refractivity contribution in [1.82, 2.24) is 4.72 Å². The second-order valence-corrected chi connectivity index (χ2v) is 7.11. The predicted octanol–water partition coefficient (Wildman–Crippen LogP) is -1.03. The quantitative estimate of drug-likeness (QED) is 0.523. The molecule has 2 rings (SSSR count). The molecule has 1 aliphatic rings. The zero-order valence-corrected chi connectivity index (χ0v) is 11.0. The van der Waals surface area contributed by atoms with Crippen LogP contribution in [0.2, 0.25) is 5.02 Å². The van der Waals surface area contributed by atoms with E-state index in [2.05, 4.69) is 5.32 Å². The molecule has 0 aromatic heterocycles. The van der Waals surface area contributed by atoms with Crippen LogP contribution in [0.4, 0.5) is 5.69 Å². The summed E-state index contributed by atoms with van der Waals surface area (Å²) in [7, 11) is -8.18. The Labute approximate surface area is 108 Å². The van der Waals surface area contributed by atoms with Gasteiger partial charge in [-0.3, -0.25) is 0 Å². The summed E-state index contributed by atoms with van der Waals surface area (Å²) in [6, 6.07) is 1.90. The number of aliphatic hydroxyl groups is 1. The predicted molar refractivity (Wildman–Crippen MR) is 62.8 cm³/mol. The number of nitrogens with one attached hydrogen (secondary N) is 2.